The fourth-order valence-corrected chi connectivity index (χ4v) is 2.80. The van der Waals surface area contributed by atoms with Crippen molar-refractivity contribution < 1.29 is 9.90 Å². The lowest BCUT2D eigenvalue weighted by molar-refractivity contribution is 0.0695. The summed E-state index contributed by atoms with van der Waals surface area (Å²) in [6.07, 6.45) is 1.22. The molecule has 3 aromatic rings. The van der Waals surface area contributed by atoms with Crippen molar-refractivity contribution in [2.24, 2.45) is 0 Å². The molecule has 2 N–H and O–H groups in total. The second-order valence-corrected chi connectivity index (χ2v) is 5.14. The van der Waals surface area contributed by atoms with Gasteiger partial charge < -0.3 is 10.1 Å². The summed E-state index contributed by atoms with van der Waals surface area (Å²) in [5, 5.41) is 10.2. The number of H-pyrrole nitrogens is 1. The highest BCUT2D eigenvalue weighted by molar-refractivity contribution is 7.18. The number of thiazole rings is 1. The number of fused-ring (bicyclic) bond motifs is 3. The van der Waals surface area contributed by atoms with Gasteiger partial charge in [0.2, 0.25) is 5.43 Å². The molecule has 0 aliphatic carbocycles. The van der Waals surface area contributed by atoms with E-state index in [4.69, 9.17) is 5.11 Å². The monoisotopic (exact) mass is 260 g/mol. The maximum Gasteiger partial charge on any atom is 0.341 e. The van der Waals surface area contributed by atoms with E-state index in [0.717, 1.165) is 9.71 Å². The Morgan fingerprint density at radius 3 is 2.94 bits per heavy atom. The lowest BCUT2D eigenvalue weighted by Crippen LogP contribution is -2.15. The summed E-state index contributed by atoms with van der Waals surface area (Å²) in [5.74, 6) is -1.23. The predicted molar refractivity (Wildman–Crippen MR) is 69.4 cm³/mol. The van der Waals surface area contributed by atoms with Gasteiger partial charge in [0.25, 0.3) is 0 Å². The second kappa shape index (κ2) is 3.64. The van der Waals surface area contributed by atoms with Crippen LogP contribution in [0.1, 0.15) is 15.4 Å². The molecule has 90 valence electrons. The summed E-state index contributed by atoms with van der Waals surface area (Å²) in [6, 6.07) is 3.64. The third-order valence-electron chi connectivity index (χ3n) is 2.74. The average molecular weight is 260 g/mol. The molecule has 2 aromatic heterocycles. The van der Waals surface area contributed by atoms with Gasteiger partial charge in [-0.05, 0) is 19.1 Å². The Labute approximate surface area is 105 Å². The van der Waals surface area contributed by atoms with Crippen LogP contribution >= 0.6 is 11.3 Å². The molecule has 0 saturated carbocycles. The average Bonchev–Trinajstić information content (AvgIpc) is 2.68. The largest absolute Gasteiger partial charge is 0.477 e. The molecule has 0 saturated heterocycles. The van der Waals surface area contributed by atoms with Crippen LogP contribution in [0.5, 0.6) is 0 Å². The molecule has 0 spiro atoms. The number of nitrogens with zero attached hydrogens (tertiary/aromatic N) is 1. The van der Waals surface area contributed by atoms with E-state index in [1.807, 2.05) is 13.0 Å². The number of rotatable bonds is 1. The van der Waals surface area contributed by atoms with Crippen molar-refractivity contribution in [3.8, 4) is 0 Å². The van der Waals surface area contributed by atoms with Crippen LogP contribution in [0.2, 0.25) is 0 Å². The summed E-state index contributed by atoms with van der Waals surface area (Å²) in [6.45, 7) is 1.85. The molecule has 5 nitrogen and oxygen atoms in total. The van der Waals surface area contributed by atoms with Crippen molar-refractivity contribution in [2.45, 2.75) is 6.92 Å². The van der Waals surface area contributed by atoms with E-state index >= 15 is 0 Å². The van der Waals surface area contributed by atoms with Crippen LogP contribution in [-0.4, -0.2) is 21.0 Å². The van der Waals surface area contributed by atoms with E-state index in [2.05, 4.69) is 9.97 Å². The molecule has 0 aliphatic heterocycles. The molecule has 0 fully saturated rings. The van der Waals surface area contributed by atoms with Gasteiger partial charge in [0.05, 0.1) is 26.1 Å². The molecule has 0 unspecified atom stereocenters. The first kappa shape index (κ1) is 10.9. The molecule has 1 aromatic carbocycles. The van der Waals surface area contributed by atoms with Crippen LogP contribution in [0.4, 0.5) is 0 Å². The number of aromatic nitrogens is 2. The zero-order chi connectivity index (χ0) is 12.9. The van der Waals surface area contributed by atoms with Crippen molar-refractivity contribution in [2.75, 3.05) is 0 Å². The van der Waals surface area contributed by atoms with Gasteiger partial charge in [-0.2, -0.15) is 0 Å². The van der Waals surface area contributed by atoms with Gasteiger partial charge in [0.15, 0.2) is 0 Å². The zero-order valence-corrected chi connectivity index (χ0v) is 10.2. The van der Waals surface area contributed by atoms with Crippen LogP contribution in [0.15, 0.2) is 23.1 Å². The predicted octanol–water partition coefficient (Wildman–Crippen LogP) is 2.14. The van der Waals surface area contributed by atoms with Crippen molar-refractivity contribution >= 4 is 38.4 Å². The SMILES string of the molecule is Cc1nc2c(ccc3[nH]cc(C(=O)O)c(=O)c32)s1. The van der Waals surface area contributed by atoms with Crippen LogP contribution in [-0.2, 0) is 0 Å². The van der Waals surface area contributed by atoms with Crippen LogP contribution in [0.25, 0.3) is 21.1 Å². The normalized spacial score (nSPS) is 11.2. The van der Waals surface area contributed by atoms with Crippen molar-refractivity contribution in [3.05, 3.63) is 39.1 Å². The Morgan fingerprint density at radius 2 is 2.22 bits per heavy atom. The first-order valence-corrected chi connectivity index (χ1v) is 6.04. The third-order valence-corrected chi connectivity index (χ3v) is 3.68. The third kappa shape index (κ3) is 1.42. The van der Waals surface area contributed by atoms with Gasteiger partial charge in [0.1, 0.15) is 5.56 Å². The highest BCUT2D eigenvalue weighted by atomic mass is 32.1. The minimum Gasteiger partial charge on any atom is -0.477 e. The highest BCUT2D eigenvalue weighted by Crippen LogP contribution is 2.26. The molecule has 6 heteroatoms. The number of carboxylic acid groups (broad SMARTS) is 1. The molecule has 0 aliphatic rings. The molecule has 0 atom stereocenters. The summed E-state index contributed by atoms with van der Waals surface area (Å²) >= 11 is 1.48. The zero-order valence-electron chi connectivity index (χ0n) is 9.35. The molecule has 0 radical (unpaired) electrons. The lowest BCUT2D eigenvalue weighted by Gasteiger charge is -2.00. The Balaban J connectivity index is 2.58. The molecular formula is C12H8N2O3S. The minimum atomic E-state index is -1.23. The van der Waals surface area contributed by atoms with Crippen LogP contribution in [0, 0.1) is 6.92 Å². The van der Waals surface area contributed by atoms with Gasteiger partial charge >= 0.3 is 5.97 Å². The fourth-order valence-electron chi connectivity index (χ4n) is 1.96. The number of hydrogen-bond donors (Lipinski definition) is 2. The maximum atomic E-state index is 12.2. The second-order valence-electron chi connectivity index (χ2n) is 3.90. The van der Waals surface area contributed by atoms with Gasteiger partial charge in [-0.25, -0.2) is 9.78 Å². The molecular weight excluding hydrogens is 252 g/mol. The van der Waals surface area contributed by atoms with Gasteiger partial charge in [0, 0.05) is 6.20 Å². The number of benzene rings is 1. The van der Waals surface area contributed by atoms with Gasteiger partial charge in [-0.1, -0.05) is 0 Å². The number of aromatic carboxylic acids is 1. The summed E-state index contributed by atoms with van der Waals surface area (Å²) in [4.78, 5) is 30.3. The molecule has 3 rings (SSSR count). The fraction of sp³-hybridized carbons (Fsp3) is 0.0833. The Bertz CT molecular complexity index is 848. The van der Waals surface area contributed by atoms with E-state index < -0.39 is 11.4 Å². The summed E-state index contributed by atoms with van der Waals surface area (Å²) < 4.78 is 0.882. The first-order chi connectivity index (χ1) is 8.58. The number of carbonyl (C=O) groups is 1. The Morgan fingerprint density at radius 1 is 1.44 bits per heavy atom. The van der Waals surface area contributed by atoms with E-state index in [9.17, 15) is 9.59 Å². The van der Waals surface area contributed by atoms with Crippen molar-refractivity contribution in [1.82, 2.24) is 9.97 Å². The van der Waals surface area contributed by atoms with Crippen LogP contribution in [0.3, 0.4) is 0 Å². The standard InChI is InChI=1S/C12H8N2O3S/c1-5-14-10-8(18-5)3-2-7-9(10)11(15)6(4-13-7)12(16)17/h2-4H,1H3,(H,13,15)(H,16,17). The van der Waals surface area contributed by atoms with Crippen molar-refractivity contribution in [1.29, 1.82) is 0 Å². The lowest BCUT2D eigenvalue weighted by atomic mass is 10.1. The van der Waals surface area contributed by atoms with Crippen molar-refractivity contribution in [3.63, 3.8) is 0 Å². The maximum absolute atomic E-state index is 12.2. The number of aromatic amines is 1. The number of aryl methyl sites for hydroxylation is 1. The minimum absolute atomic E-state index is 0.263. The number of nitrogens with one attached hydrogen (secondary N) is 1. The smallest absolute Gasteiger partial charge is 0.341 e. The quantitative estimate of drug-likeness (QED) is 0.702. The van der Waals surface area contributed by atoms with Gasteiger partial charge in [-0.15, -0.1) is 11.3 Å². The Kier molecular flexibility index (Phi) is 2.21. The molecule has 0 amide bonds. The molecule has 0 bridgehead atoms. The summed E-state index contributed by atoms with van der Waals surface area (Å²) in [5.41, 5.74) is 0.412. The van der Waals surface area contributed by atoms with E-state index in [-0.39, 0.29) is 5.56 Å². The molecule has 2 heterocycles. The number of carboxylic acids is 1. The van der Waals surface area contributed by atoms with E-state index in [0.29, 0.717) is 16.4 Å². The Hall–Kier alpha value is -2.21. The van der Waals surface area contributed by atoms with Crippen LogP contribution < -0.4 is 5.43 Å². The van der Waals surface area contributed by atoms with E-state index in [1.165, 1.54) is 17.5 Å². The number of pyridine rings is 1. The van der Waals surface area contributed by atoms with E-state index in [1.54, 1.807) is 6.07 Å². The topological polar surface area (TPSA) is 83.1 Å². The first-order valence-electron chi connectivity index (χ1n) is 5.23. The number of hydrogen-bond acceptors (Lipinski definition) is 4. The molecule has 18 heavy (non-hydrogen) atoms. The highest BCUT2D eigenvalue weighted by Gasteiger charge is 2.15. The van der Waals surface area contributed by atoms with Gasteiger partial charge in [-0.3, -0.25) is 4.79 Å². The summed E-state index contributed by atoms with van der Waals surface area (Å²) in [7, 11) is 0.